The zero-order chi connectivity index (χ0) is 7.84. The van der Waals surface area contributed by atoms with Gasteiger partial charge < -0.3 is 10.4 Å². The number of aliphatic imine (C=N–C) groups is 3. The van der Waals surface area contributed by atoms with Crippen LogP contribution in [0, 0.1) is 0 Å². The number of hydrogen-bond donors (Lipinski definition) is 1. The topological polar surface area (TPSA) is 89.2 Å². The number of nitrogens with one attached hydrogen (secondary N) is 1. The summed E-state index contributed by atoms with van der Waals surface area (Å²) < 4.78 is 0. The molecule has 0 radical (unpaired) electrons. The molecule has 2 aliphatic rings. The standard InChI is InChI=1S/C5H4N4O2.Na/c10-4-2-3(7-1-6-2)8-5(11)9-4;/h1,3H,(H2,8,9,10,11);/q;+1/p-1. The van der Waals surface area contributed by atoms with Gasteiger partial charge in [0.2, 0.25) is 0 Å². The summed E-state index contributed by atoms with van der Waals surface area (Å²) in [6.07, 6.45) is 0.631. The van der Waals surface area contributed by atoms with E-state index in [1.54, 1.807) is 0 Å². The molecule has 0 aromatic rings. The maximum Gasteiger partial charge on any atom is 1.00 e. The Morgan fingerprint density at radius 1 is 1.58 bits per heavy atom. The Balaban J connectivity index is 0.000000720. The van der Waals surface area contributed by atoms with Crippen molar-refractivity contribution in [2.75, 3.05) is 0 Å². The normalized spacial score (nSPS) is 25.0. The summed E-state index contributed by atoms with van der Waals surface area (Å²) >= 11 is 0. The fourth-order valence-corrected chi connectivity index (χ4v) is 0.880. The number of urea groups is 1. The van der Waals surface area contributed by atoms with Crippen LogP contribution < -0.4 is 40.0 Å². The molecule has 1 unspecified atom stereocenters. The van der Waals surface area contributed by atoms with Gasteiger partial charge in [0.05, 0.1) is 5.71 Å². The molecule has 1 N–H and O–H groups in total. The van der Waals surface area contributed by atoms with Gasteiger partial charge in [0.15, 0.2) is 6.17 Å². The first kappa shape index (κ1) is 9.37. The Labute approximate surface area is 89.8 Å². The second-order valence-corrected chi connectivity index (χ2v) is 2.05. The molecule has 0 saturated heterocycles. The molecule has 2 aliphatic heterocycles. The van der Waals surface area contributed by atoms with E-state index in [1.807, 2.05) is 0 Å². The van der Waals surface area contributed by atoms with Crippen molar-refractivity contribution < 1.29 is 39.5 Å². The van der Waals surface area contributed by atoms with Crippen molar-refractivity contribution in [1.82, 2.24) is 5.32 Å². The second-order valence-electron chi connectivity index (χ2n) is 2.05. The molecule has 0 saturated carbocycles. The van der Waals surface area contributed by atoms with Crippen LogP contribution in [0.2, 0.25) is 0 Å². The molecule has 56 valence electrons. The maximum absolute atomic E-state index is 10.8. The van der Waals surface area contributed by atoms with Gasteiger partial charge in [0, 0.05) is 5.90 Å². The van der Waals surface area contributed by atoms with Gasteiger partial charge in [-0.15, -0.1) is 0 Å². The van der Waals surface area contributed by atoms with Gasteiger partial charge in [-0.3, -0.25) is 0 Å². The van der Waals surface area contributed by atoms with Gasteiger partial charge in [-0.2, -0.15) is 0 Å². The average Bonchev–Trinajstić information content (AvgIpc) is 2.34. The second kappa shape index (κ2) is 3.34. The first-order chi connectivity index (χ1) is 5.27. The van der Waals surface area contributed by atoms with E-state index in [0.29, 0.717) is 0 Å². The van der Waals surface area contributed by atoms with E-state index in [1.165, 1.54) is 6.34 Å². The van der Waals surface area contributed by atoms with Crippen LogP contribution in [-0.2, 0) is 0 Å². The molecule has 0 aliphatic carbocycles. The fraction of sp³-hybridized carbons (Fsp3) is 0.200. The number of carbonyl (C=O) groups is 1. The van der Waals surface area contributed by atoms with Crippen LogP contribution in [0.4, 0.5) is 4.79 Å². The van der Waals surface area contributed by atoms with Crippen LogP contribution in [0.3, 0.4) is 0 Å². The number of nitrogens with zero attached hydrogens (tertiary/aromatic N) is 3. The molecule has 2 rings (SSSR count). The van der Waals surface area contributed by atoms with Gasteiger partial charge in [0.1, 0.15) is 6.34 Å². The number of rotatable bonds is 0. The van der Waals surface area contributed by atoms with E-state index in [2.05, 4.69) is 20.3 Å². The van der Waals surface area contributed by atoms with E-state index < -0.39 is 18.1 Å². The number of fused-ring (bicyclic) bond motifs is 1. The molecular weight excluding hydrogens is 171 g/mol. The minimum atomic E-state index is -0.655. The molecule has 0 aromatic carbocycles. The molecule has 6 nitrogen and oxygen atoms in total. The Bertz CT molecular complexity index is 309. The van der Waals surface area contributed by atoms with Crippen LogP contribution in [0.15, 0.2) is 15.0 Å². The SMILES string of the molecule is O=C1N=C([O-])C2=NC=NC2N1.[Na+]. The van der Waals surface area contributed by atoms with Gasteiger partial charge in [-0.25, -0.2) is 19.8 Å². The summed E-state index contributed by atoms with van der Waals surface area (Å²) in [6, 6.07) is -0.655. The number of carbonyl (C=O) groups excluding carboxylic acids is 1. The number of hydrogen-bond acceptors (Lipinski definition) is 4. The van der Waals surface area contributed by atoms with E-state index in [9.17, 15) is 9.90 Å². The molecule has 2 heterocycles. The Kier molecular flexibility index (Phi) is 2.61. The summed E-state index contributed by atoms with van der Waals surface area (Å²) in [5, 5.41) is 13.2. The predicted octanol–water partition coefficient (Wildman–Crippen LogP) is -4.72. The van der Waals surface area contributed by atoms with E-state index in [4.69, 9.17) is 0 Å². The van der Waals surface area contributed by atoms with Crippen LogP contribution in [-0.4, -0.2) is 30.1 Å². The Hall–Kier alpha value is -0.720. The Morgan fingerprint density at radius 3 is 3.08 bits per heavy atom. The monoisotopic (exact) mass is 174 g/mol. The molecule has 0 aromatic heterocycles. The predicted molar refractivity (Wildman–Crippen MR) is 35.7 cm³/mol. The zero-order valence-corrected chi connectivity index (χ0v) is 8.31. The summed E-state index contributed by atoms with van der Waals surface area (Å²) in [4.78, 5) is 21.1. The van der Waals surface area contributed by atoms with E-state index in [0.717, 1.165) is 0 Å². The fourth-order valence-electron chi connectivity index (χ4n) is 0.880. The molecule has 0 bridgehead atoms. The minimum absolute atomic E-state index is 0. The molecule has 0 spiro atoms. The van der Waals surface area contributed by atoms with Gasteiger partial charge in [0.25, 0.3) is 0 Å². The molecular formula is C5H3N4NaO2. The molecule has 1 atom stereocenters. The van der Waals surface area contributed by atoms with Crippen LogP contribution >= 0.6 is 0 Å². The average molecular weight is 174 g/mol. The quantitative estimate of drug-likeness (QED) is 0.374. The van der Waals surface area contributed by atoms with Crippen molar-refractivity contribution in [3.05, 3.63) is 0 Å². The number of amides is 2. The first-order valence-electron chi connectivity index (χ1n) is 2.93. The maximum atomic E-state index is 10.8. The first-order valence-corrected chi connectivity index (χ1v) is 2.93. The Morgan fingerprint density at radius 2 is 2.33 bits per heavy atom. The van der Waals surface area contributed by atoms with Crippen molar-refractivity contribution in [1.29, 1.82) is 0 Å². The molecule has 12 heavy (non-hydrogen) atoms. The van der Waals surface area contributed by atoms with Crippen molar-refractivity contribution in [2.24, 2.45) is 15.0 Å². The van der Waals surface area contributed by atoms with Crippen molar-refractivity contribution in [3.63, 3.8) is 0 Å². The zero-order valence-electron chi connectivity index (χ0n) is 6.31. The van der Waals surface area contributed by atoms with Gasteiger partial charge >= 0.3 is 35.6 Å². The van der Waals surface area contributed by atoms with E-state index in [-0.39, 0.29) is 35.3 Å². The van der Waals surface area contributed by atoms with Crippen LogP contribution in [0.25, 0.3) is 0 Å². The van der Waals surface area contributed by atoms with Crippen LogP contribution in [0.1, 0.15) is 0 Å². The third kappa shape index (κ3) is 1.40. The van der Waals surface area contributed by atoms with Gasteiger partial charge in [-0.1, -0.05) is 0 Å². The summed E-state index contributed by atoms with van der Waals surface area (Å²) in [5.41, 5.74) is 0.185. The summed E-state index contributed by atoms with van der Waals surface area (Å²) in [5.74, 6) is -0.601. The molecule has 2 amide bonds. The minimum Gasteiger partial charge on any atom is -0.857 e. The van der Waals surface area contributed by atoms with Crippen molar-refractivity contribution >= 4 is 24.0 Å². The van der Waals surface area contributed by atoms with Crippen molar-refractivity contribution in [2.45, 2.75) is 6.17 Å². The van der Waals surface area contributed by atoms with Gasteiger partial charge in [-0.05, 0) is 0 Å². The largest absolute Gasteiger partial charge is 1.00 e. The van der Waals surface area contributed by atoms with E-state index >= 15 is 0 Å². The molecule has 0 fully saturated rings. The third-order valence-electron chi connectivity index (χ3n) is 1.35. The smallest absolute Gasteiger partial charge is 0.857 e. The molecule has 7 heteroatoms. The third-order valence-corrected chi connectivity index (χ3v) is 1.35. The van der Waals surface area contributed by atoms with Crippen LogP contribution in [0.5, 0.6) is 0 Å². The van der Waals surface area contributed by atoms with Crippen molar-refractivity contribution in [3.8, 4) is 0 Å². The summed E-state index contributed by atoms with van der Waals surface area (Å²) in [7, 11) is 0. The summed E-state index contributed by atoms with van der Waals surface area (Å²) in [6.45, 7) is 0.